The Morgan fingerprint density at radius 1 is 1.48 bits per heavy atom. The SMILES string of the molecule is O=C(CSc1ncc(-c2cccc(Br)c2)o1)NC[C@H]1CCCO1. The monoisotopic (exact) mass is 396 g/mol. The van der Waals surface area contributed by atoms with Gasteiger partial charge in [-0.15, -0.1) is 0 Å². The quantitative estimate of drug-likeness (QED) is 0.756. The van der Waals surface area contributed by atoms with Crippen LogP contribution in [0.4, 0.5) is 0 Å². The minimum absolute atomic E-state index is 0.0345. The third-order valence-electron chi connectivity index (χ3n) is 3.47. The van der Waals surface area contributed by atoms with Crippen molar-refractivity contribution >= 4 is 33.6 Å². The molecule has 1 aromatic heterocycles. The third kappa shape index (κ3) is 4.83. The standard InChI is InChI=1S/C16H17BrN2O3S/c17-12-4-1-3-11(7-12)14-9-19-16(22-14)23-10-15(20)18-8-13-5-2-6-21-13/h1,3-4,7,9,13H,2,5-6,8,10H2,(H,18,20)/t13-/m1/s1. The number of amides is 1. The first-order chi connectivity index (χ1) is 11.2. The third-order valence-corrected chi connectivity index (χ3v) is 4.81. The molecule has 23 heavy (non-hydrogen) atoms. The van der Waals surface area contributed by atoms with Gasteiger partial charge in [0.05, 0.1) is 18.1 Å². The first-order valence-electron chi connectivity index (χ1n) is 7.43. The molecule has 2 aromatic rings. The van der Waals surface area contributed by atoms with Gasteiger partial charge in [0, 0.05) is 23.2 Å². The lowest BCUT2D eigenvalue weighted by Gasteiger charge is -2.09. The summed E-state index contributed by atoms with van der Waals surface area (Å²) in [5, 5.41) is 3.37. The van der Waals surface area contributed by atoms with Crippen LogP contribution in [-0.2, 0) is 9.53 Å². The fourth-order valence-electron chi connectivity index (χ4n) is 2.31. The number of thioether (sulfide) groups is 1. The molecule has 0 saturated carbocycles. The number of benzene rings is 1. The summed E-state index contributed by atoms with van der Waals surface area (Å²) in [7, 11) is 0. The smallest absolute Gasteiger partial charge is 0.256 e. The first-order valence-corrected chi connectivity index (χ1v) is 9.21. The van der Waals surface area contributed by atoms with E-state index in [0.29, 0.717) is 17.5 Å². The van der Waals surface area contributed by atoms with Gasteiger partial charge in [-0.3, -0.25) is 4.79 Å². The summed E-state index contributed by atoms with van der Waals surface area (Å²) in [5.41, 5.74) is 0.946. The summed E-state index contributed by atoms with van der Waals surface area (Å²) in [6.07, 6.45) is 3.93. The second kappa shape index (κ2) is 7.99. The zero-order valence-electron chi connectivity index (χ0n) is 12.5. The van der Waals surface area contributed by atoms with Crippen molar-refractivity contribution in [2.45, 2.75) is 24.2 Å². The van der Waals surface area contributed by atoms with Crippen molar-refractivity contribution < 1.29 is 13.9 Å². The van der Waals surface area contributed by atoms with E-state index in [4.69, 9.17) is 9.15 Å². The molecule has 1 atom stereocenters. The van der Waals surface area contributed by atoms with Crippen molar-refractivity contribution in [2.24, 2.45) is 0 Å². The zero-order chi connectivity index (χ0) is 16.1. The van der Waals surface area contributed by atoms with Crippen molar-refractivity contribution in [3.63, 3.8) is 0 Å². The number of nitrogens with one attached hydrogen (secondary N) is 1. The number of rotatable bonds is 6. The second-order valence-electron chi connectivity index (χ2n) is 5.23. The number of halogens is 1. The summed E-state index contributed by atoms with van der Waals surface area (Å²) >= 11 is 4.72. The first kappa shape index (κ1) is 16.5. The molecule has 3 rings (SSSR count). The van der Waals surface area contributed by atoms with E-state index in [1.165, 1.54) is 11.8 Å². The van der Waals surface area contributed by atoms with Gasteiger partial charge in [0.25, 0.3) is 5.22 Å². The summed E-state index contributed by atoms with van der Waals surface area (Å²) in [6, 6.07) is 7.80. The maximum atomic E-state index is 11.8. The van der Waals surface area contributed by atoms with Crippen LogP contribution in [-0.4, -0.2) is 35.9 Å². The van der Waals surface area contributed by atoms with E-state index in [1.807, 2.05) is 24.3 Å². The Morgan fingerprint density at radius 2 is 2.39 bits per heavy atom. The topological polar surface area (TPSA) is 64.4 Å². The van der Waals surface area contributed by atoms with Crippen LogP contribution >= 0.6 is 27.7 Å². The molecule has 1 aliphatic heterocycles. The Bertz CT molecular complexity index is 671. The molecule has 1 amide bonds. The fourth-order valence-corrected chi connectivity index (χ4v) is 3.34. The molecule has 1 aromatic carbocycles. The molecule has 0 unspecified atom stereocenters. The summed E-state index contributed by atoms with van der Waals surface area (Å²) in [6.45, 7) is 1.37. The lowest BCUT2D eigenvalue weighted by Crippen LogP contribution is -2.32. The van der Waals surface area contributed by atoms with Crippen LogP contribution in [0.25, 0.3) is 11.3 Å². The summed E-state index contributed by atoms with van der Waals surface area (Å²) < 4.78 is 12.1. The minimum Gasteiger partial charge on any atom is -0.431 e. The lowest BCUT2D eigenvalue weighted by molar-refractivity contribution is -0.119. The Balaban J connectivity index is 1.48. The van der Waals surface area contributed by atoms with Crippen molar-refractivity contribution in [3.05, 3.63) is 34.9 Å². The molecule has 0 radical (unpaired) electrons. The van der Waals surface area contributed by atoms with Crippen molar-refractivity contribution in [1.82, 2.24) is 10.3 Å². The highest BCUT2D eigenvalue weighted by atomic mass is 79.9. The molecule has 1 fully saturated rings. The second-order valence-corrected chi connectivity index (χ2v) is 7.07. The van der Waals surface area contributed by atoms with Crippen LogP contribution in [0.2, 0.25) is 0 Å². The molecule has 2 heterocycles. The Labute approximate surface area is 147 Å². The predicted octanol–water partition coefficient (Wildman–Crippen LogP) is 3.49. The molecule has 0 bridgehead atoms. The Kier molecular flexibility index (Phi) is 5.75. The molecular weight excluding hydrogens is 380 g/mol. The number of hydrogen-bond acceptors (Lipinski definition) is 5. The molecular formula is C16H17BrN2O3S. The van der Waals surface area contributed by atoms with Crippen LogP contribution < -0.4 is 5.32 Å². The van der Waals surface area contributed by atoms with Crippen molar-refractivity contribution in [2.75, 3.05) is 18.9 Å². The highest BCUT2D eigenvalue weighted by Gasteiger charge is 2.16. The van der Waals surface area contributed by atoms with E-state index >= 15 is 0 Å². The van der Waals surface area contributed by atoms with E-state index < -0.39 is 0 Å². The molecule has 5 nitrogen and oxygen atoms in total. The molecule has 1 N–H and O–H groups in total. The number of ether oxygens (including phenoxy) is 1. The molecule has 7 heteroatoms. The van der Waals surface area contributed by atoms with Crippen molar-refractivity contribution in [3.8, 4) is 11.3 Å². The lowest BCUT2D eigenvalue weighted by atomic mass is 10.2. The van der Waals surface area contributed by atoms with Gasteiger partial charge < -0.3 is 14.5 Å². The van der Waals surface area contributed by atoms with E-state index in [1.54, 1.807) is 6.20 Å². The van der Waals surface area contributed by atoms with Crippen LogP contribution in [0.1, 0.15) is 12.8 Å². The number of carbonyl (C=O) groups is 1. The van der Waals surface area contributed by atoms with Gasteiger partial charge in [-0.25, -0.2) is 4.98 Å². The largest absolute Gasteiger partial charge is 0.431 e. The van der Waals surface area contributed by atoms with E-state index in [0.717, 1.165) is 29.5 Å². The van der Waals surface area contributed by atoms with Gasteiger partial charge in [0.2, 0.25) is 5.91 Å². The minimum atomic E-state index is -0.0345. The Morgan fingerprint density at radius 3 is 3.17 bits per heavy atom. The summed E-state index contributed by atoms with van der Waals surface area (Å²) in [5.74, 6) is 0.937. The van der Waals surface area contributed by atoms with Crippen LogP contribution in [0.15, 0.2) is 44.6 Å². The molecule has 0 aliphatic carbocycles. The maximum Gasteiger partial charge on any atom is 0.256 e. The van der Waals surface area contributed by atoms with E-state index in [-0.39, 0.29) is 17.8 Å². The summed E-state index contributed by atoms with van der Waals surface area (Å²) in [4.78, 5) is 16.0. The van der Waals surface area contributed by atoms with Gasteiger partial charge in [-0.05, 0) is 25.0 Å². The van der Waals surface area contributed by atoms with Gasteiger partial charge in [-0.2, -0.15) is 0 Å². The maximum absolute atomic E-state index is 11.8. The molecule has 0 spiro atoms. The van der Waals surface area contributed by atoms with Gasteiger partial charge in [0.15, 0.2) is 5.76 Å². The number of carbonyl (C=O) groups excluding carboxylic acids is 1. The fraction of sp³-hybridized carbons (Fsp3) is 0.375. The van der Waals surface area contributed by atoms with E-state index in [2.05, 4.69) is 26.2 Å². The Hall–Kier alpha value is -1.31. The van der Waals surface area contributed by atoms with Crippen LogP contribution in [0.5, 0.6) is 0 Å². The van der Waals surface area contributed by atoms with Gasteiger partial charge >= 0.3 is 0 Å². The number of oxazole rings is 1. The molecule has 1 saturated heterocycles. The zero-order valence-corrected chi connectivity index (χ0v) is 14.9. The number of nitrogens with zero attached hydrogens (tertiary/aromatic N) is 1. The molecule has 122 valence electrons. The van der Waals surface area contributed by atoms with Gasteiger partial charge in [0.1, 0.15) is 0 Å². The number of hydrogen-bond donors (Lipinski definition) is 1. The van der Waals surface area contributed by atoms with Crippen LogP contribution in [0, 0.1) is 0 Å². The average Bonchev–Trinajstić information content (AvgIpc) is 3.22. The van der Waals surface area contributed by atoms with Crippen molar-refractivity contribution in [1.29, 1.82) is 0 Å². The highest BCUT2D eigenvalue weighted by molar-refractivity contribution is 9.10. The number of aromatic nitrogens is 1. The highest BCUT2D eigenvalue weighted by Crippen LogP contribution is 2.27. The predicted molar refractivity (Wildman–Crippen MR) is 92.3 cm³/mol. The van der Waals surface area contributed by atoms with E-state index in [9.17, 15) is 4.79 Å². The van der Waals surface area contributed by atoms with Crippen LogP contribution in [0.3, 0.4) is 0 Å². The molecule has 1 aliphatic rings. The normalized spacial score (nSPS) is 17.3. The average molecular weight is 397 g/mol. The van der Waals surface area contributed by atoms with Gasteiger partial charge in [-0.1, -0.05) is 39.8 Å².